The number of rotatable bonds is 5. The van der Waals surface area contributed by atoms with Gasteiger partial charge in [-0.1, -0.05) is 59.9 Å². The van der Waals surface area contributed by atoms with Gasteiger partial charge in [0.2, 0.25) is 0 Å². The molecule has 2 rings (SSSR count). The van der Waals surface area contributed by atoms with Gasteiger partial charge in [0.05, 0.1) is 20.6 Å². The summed E-state index contributed by atoms with van der Waals surface area (Å²) in [6.45, 7) is 1.52. The first-order valence-electron chi connectivity index (χ1n) is 7.12. The van der Waals surface area contributed by atoms with E-state index in [1.807, 2.05) is 25.1 Å². The van der Waals surface area contributed by atoms with Crippen LogP contribution in [0.1, 0.15) is 22.8 Å². The predicted molar refractivity (Wildman–Crippen MR) is 96.2 cm³/mol. The zero-order valence-electron chi connectivity index (χ0n) is 12.7. The monoisotopic (exact) mass is 385 g/mol. The van der Waals surface area contributed by atoms with Gasteiger partial charge >= 0.3 is 5.97 Å². The number of nitrogens with one attached hydrogen (secondary N) is 1. The van der Waals surface area contributed by atoms with Crippen LogP contribution in [0.15, 0.2) is 36.4 Å². The number of esters is 1. The van der Waals surface area contributed by atoms with Gasteiger partial charge in [-0.05, 0) is 30.2 Å². The lowest BCUT2D eigenvalue weighted by atomic mass is 10.1. The SMILES string of the molecule is CCc1ccccc1NC(=O)COC(=O)c1c(Cl)ccc(Cl)c1Cl. The topological polar surface area (TPSA) is 55.4 Å². The summed E-state index contributed by atoms with van der Waals surface area (Å²) in [6, 6.07) is 10.3. The lowest BCUT2D eigenvalue weighted by molar-refractivity contribution is -0.119. The van der Waals surface area contributed by atoms with Gasteiger partial charge < -0.3 is 10.1 Å². The molecule has 7 heteroatoms. The number of hydrogen-bond acceptors (Lipinski definition) is 3. The Bertz CT molecular complexity index is 778. The largest absolute Gasteiger partial charge is 0.452 e. The Kier molecular flexibility index (Phi) is 6.49. The average Bonchev–Trinajstić information content (AvgIpc) is 2.57. The number of hydrogen-bond donors (Lipinski definition) is 1. The molecule has 0 saturated heterocycles. The van der Waals surface area contributed by atoms with E-state index in [0.29, 0.717) is 5.69 Å². The van der Waals surface area contributed by atoms with Crippen molar-refractivity contribution in [3.8, 4) is 0 Å². The highest BCUT2D eigenvalue weighted by molar-refractivity contribution is 6.46. The van der Waals surface area contributed by atoms with E-state index in [-0.39, 0.29) is 20.6 Å². The number of halogens is 3. The molecule has 0 unspecified atom stereocenters. The van der Waals surface area contributed by atoms with E-state index in [9.17, 15) is 9.59 Å². The van der Waals surface area contributed by atoms with Gasteiger partial charge in [0, 0.05) is 5.69 Å². The van der Waals surface area contributed by atoms with Crippen molar-refractivity contribution in [1.82, 2.24) is 0 Å². The lowest BCUT2D eigenvalue weighted by Gasteiger charge is -2.11. The number of amides is 1. The first-order chi connectivity index (χ1) is 11.4. The second-order valence-electron chi connectivity index (χ2n) is 4.85. The maximum absolute atomic E-state index is 12.1. The molecule has 0 atom stereocenters. The van der Waals surface area contributed by atoms with Crippen molar-refractivity contribution in [1.29, 1.82) is 0 Å². The Balaban J connectivity index is 2.02. The minimum atomic E-state index is -0.813. The van der Waals surface area contributed by atoms with Gasteiger partial charge in [-0.15, -0.1) is 0 Å². The average molecular weight is 387 g/mol. The summed E-state index contributed by atoms with van der Waals surface area (Å²) in [5.74, 6) is -1.27. The van der Waals surface area contributed by atoms with Gasteiger partial charge in [-0.2, -0.15) is 0 Å². The Labute approximate surface area is 154 Å². The molecule has 126 valence electrons. The summed E-state index contributed by atoms with van der Waals surface area (Å²) in [5, 5.41) is 2.97. The van der Waals surface area contributed by atoms with Gasteiger partial charge in [-0.25, -0.2) is 4.79 Å². The van der Waals surface area contributed by atoms with E-state index in [2.05, 4.69) is 5.32 Å². The Morgan fingerprint density at radius 2 is 1.71 bits per heavy atom. The number of benzene rings is 2. The number of carbonyl (C=O) groups is 2. The molecule has 0 aliphatic carbocycles. The summed E-state index contributed by atoms with van der Waals surface area (Å²) in [5.41, 5.74) is 1.60. The van der Waals surface area contributed by atoms with Crippen LogP contribution in [0.25, 0.3) is 0 Å². The molecule has 1 amide bonds. The third-order valence-corrected chi connectivity index (χ3v) is 4.37. The van der Waals surface area contributed by atoms with Crippen molar-refractivity contribution < 1.29 is 14.3 Å². The molecule has 4 nitrogen and oxygen atoms in total. The fourth-order valence-electron chi connectivity index (χ4n) is 2.05. The molecule has 0 aliphatic heterocycles. The molecule has 0 aliphatic rings. The van der Waals surface area contributed by atoms with Crippen LogP contribution in [0.2, 0.25) is 15.1 Å². The van der Waals surface area contributed by atoms with Crippen LogP contribution >= 0.6 is 34.8 Å². The number of aryl methyl sites for hydroxylation is 1. The van der Waals surface area contributed by atoms with E-state index in [4.69, 9.17) is 39.5 Å². The van der Waals surface area contributed by atoms with E-state index in [1.54, 1.807) is 6.07 Å². The normalized spacial score (nSPS) is 10.3. The number of anilines is 1. The summed E-state index contributed by atoms with van der Waals surface area (Å²) < 4.78 is 4.97. The quantitative estimate of drug-likeness (QED) is 0.581. The molecule has 2 aromatic rings. The molecule has 2 aromatic carbocycles. The fourth-order valence-corrected chi connectivity index (χ4v) is 2.74. The summed E-state index contributed by atoms with van der Waals surface area (Å²) >= 11 is 17.8. The first-order valence-corrected chi connectivity index (χ1v) is 8.25. The molecule has 0 saturated carbocycles. The predicted octanol–water partition coefficient (Wildman–Crippen LogP) is 5.00. The molecule has 0 radical (unpaired) electrons. The second-order valence-corrected chi connectivity index (χ2v) is 6.05. The maximum Gasteiger partial charge on any atom is 0.341 e. The van der Waals surface area contributed by atoms with Gasteiger partial charge in [0.25, 0.3) is 5.91 Å². The lowest BCUT2D eigenvalue weighted by Crippen LogP contribution is -2.21. The minimum Gasteiger partial charge on any atom is -0.452 e. The standard InChI is InChI=1S/C17H14Cl3NO3/c1-2-10-5-3-4-6-13(10)21-14(22)9-24-17(23)15-11(18)7-8-12(19)16(15)20/h3-8H,2,9H2,1H3,(H,21,22). The van der Waals surface area contributed by atoms with Crippen LogP contribution in [0.5, 0.6) is 0 Å². The van der Waals surface area contributed by atoms with Crippen molar-refractivity contribution in [3.63, 3.8) is 0 Å². The highest BCUT2D eigenvalue weighted by Gasteiger charge is 2.19. The maximum atomic E-state index is 12.1. The molecule has 0 spiro atoms. The van der Waals surface area contributed by atoms with Gasteiger partial charge in [0.1, 0.15) is 0 Å². The van der Waals surface area contributed by atoms with E-state index < -0.39 is 18.5 Å². The first kappa shape index (κ1) is 18.6. The summed E-state index contributed by atoms with van der Waals surface area (Å²) in [6.07, 6.45) is 0.768. The van der Waals surface area contributed by atoms with Crippen LogP contribution in [0, 0.1) is 0 Å². The van der Waals surface area contributed by atoms with Crippen LogP contribution in [0.3, 0.4) is 0 Å². The van der Waals surface area contributed by atoms with Crippen LogP contribution in [-0.4, -0.2) is 18.5 Å². The van der Waals surface area contributed by atoms with Crippen molar-refractivity contribution in [2.75, 3.05) is 11.9 Å². The highest BCUT2D eigenvalue weighted by atomic mass is 35.5. The van der Waals surface area contributed by atoms with Gasteiger partial charge in [-0.3, -0.25) is 4.79 Å². The summed E-state index contributed by atoms with van der Waals surface area (Å²) in [4.78, 5) is 24.1. The van der Waals surface area contributed by atoms with Crippen LogP contribution in [-0.2, 0) is 16.0 Å². The molecular weight excluding hydrogens is 373 g/mol. The number of ether oxygens (including phenoxy) is 1. The molecule has 24 heavy (non-hydrogen) atoms. The third-order valence-electron chi connectivity index (χ3n) is 3.25. The Morgan fingerprint density at radius 1 is 1.04 bits per heavy atom. The Morgan fingerprint density at radius 3 is 2.42 bits per heavy atom. The van der Waals surface area contributed by atoms with Crippen molar-refractivity contribution in [2.24, 2.45) is 0 Å². The van der Waals surface area contributed by atoms with E-state index >= 15 is 0 Å². The molecule has 1 N–H and O–H groups in total. The molecule has 0 heterocycles. The van der Waals surface area contributed by atoms with E-state index in [0.717, 1.165) is 12.0 Å². The smallest absolute Gasteiger partial charge is 0.341 e. The van der Waals surface area contributed by atoms with Crippen molar-refractivity contribution in [2.45, 2.75) is 13.3 Å². The zero-order valence-corrected chi connectivity index (χ0v) is 15.0. The van der Waals surface area contributed by atoms with Crippen LogP contribution in [0.4, 0.5) is 5.69 Å². The van der Waals surface area contributed by atoms with Crippen LogP contribution < -0.4 is 5.32 Å². The number of para-hydroxylation sites is 1. The minimum absolute atomic E-state index is 0.00842. The summed E-state index contributed by atoms with van der Waals surface area (Å²) in [7, 11) is 0. The molecular formula is C17H14Cl3NO3. The third kappa shape index (κ3) is 4.41. The zero-order chi connectivity index (χ0) is 17.7. The molecule has 0 aromatic heterocycles. The molecule has 0 fully saturated rings. The second kappa shape index (κ2) is 8.38. The fraction of sp³-hybridized carbons (Fsp3) is 0.176. The van der Waals surface area contributed by atoms with Crippen molar-refractivity contribution >= 4 is 52.4 Å². The Hall–Kier alpha value is -1.75. The van der Waals surface area contributed by atoms with E-state index in [1.165, 1.54) is 12.1 Å². The van der Waals surface area contributed by atoms with Gasteiger partial charge in [0.15, 0.2) is 6.61 Å². The number of carbonyl (C=O) groups excluding carboxylic acids is 2. The highest BCUT2D eigenvalue weighted by Crippen LogP contribution is 2.31. The van der Waals surface area contributed by atoms with Crippen molar-refractivity contribution in [3.05, 3.63) is 62.6 Å². The molecule has 0 bridgehead atoms.